The van der Waals surface area contributed by atoms with Crippen LogP contribution in [0.15, 0.2) is 78.9 Å². The molecule has 0 N–H and O–H groups in total. The smallest absolute Gasteiger partial charge is 0.146 e. The summed E-state index contributed by atoms with van der Waals surface area (Å²) in [5, 5.41) is 1.60. The maximum Gasteiger partial charge on any atom is 0.146 e. The van der Waals surface area contributed by atoms with Crippen molar-refractivity contribution in [3.63, 3.8) is 0 Å². The minimum Gasteiger partial charge on any atom is -0.205 e. The van der Waals surface area contributed by atoms with Gasteiger partial charge in [-0.05, 0) is 77.9 Å². The van der Waals surface area contributed by atoms with Crippen molar-refractivity contribution in [3.8, 4) is 11.8 Å². The van der Waals surface area contributed by atoms with Gasteiger partial charge in [0.15, 0.2) is 0 Å². The van der Waals surface area contributed by atoms with E-state index in [1.807, 2.05) is 24.3 Å². The third-order valence-corrected chi connectivity index (χ3v) is 6.65. The number of halogens is 1. The molecule has 0 aliphatic rings. The maximum absolute atomic E-state index is 15.1. The fraction of sp³-hybridized carbons (Fsp3) is 0.294. The molecule has 4 aromatic rings. The zero-order valence-electron chi connectivity index (χ0n) is 21.0. The molecule has 0 unspecified atom stereocenters. The molecule has 1 heteroatoms. The summed E-state index contributed by atoms with van der Waals surface area (Å²) in [7, 11) is 0. The lowest BCUT2D eigenvalue weighted by Gasteiger charge is -2.06. The van der Waals surface area contributed by atoms with Crippen LogP contribution in [0.4, 0.5) is 4.39 Å². The van der Waals surface area contributed by atoms with E-state index in [2.05, 4.69) is 74.2 Å². The molecule has 35 heavy (non-hydrogen) atoms. The molecular formula is C34H35F. The summed E-state index contributed by atoms with van der Waals surface area (Å²) in [4.78, 5) is 0. The van der Waals surface area contributed by atoms with Crippen LogP contribution in [0.25, 0.3) is 10.8 Å². The normalized spacial score (nSPS) is 10.8. The summed E-state index contributed by atoms with van der Waals surface area (Å²) in [6.07, 6.45) is 9.03. The lowest BCUT2D eigenvalue weighted by atomic mass is 10.00. The van der Waals surface area contributed by atoms with Gasteiger partial charge in [-0.1, -0.05) is 106 Å². The molecule has 0 spiro atoms. The van der Waals surface area contributed by atoms with E-state index in [4.69, 9.17) is 0 Å². The van der Waals surface area contributed by atoms with E-state index in [-0.39, 0.29) is 5.82 Å². The lowest BCUT2D eigenvalue weighted by Crippen LogP contribution is -1.92. The van der Waals surface area contributed by atoms with E-state index >= 15 is 4.39 Å². The zero-order chi connectivity index (χ0) is 24.5. The van der Waals surface area contributed by atoms with Crippen LogP contribution in [0, 0.1) is 17.7 Å². The van der Waals surface area contributed by atoms with Crippen molar-refractivity contribution in [1.29, 1.82) is 0 Å². The van der Waals surface area contributed by atoms with Crippen molar-refractivity contribution < 1.29 is 4.39 Å². The minimum atomic E-state index is -0.225. The fourth-order valence-corrected chi connectivity index (χ4v) is 4.52. The molecule has 0 amide bonds. The molecule has 0 radical (unpaired) electrons. The van der Waals surface area contributed by atoms with E-state index < -0.39 is 0 Å². The van der Waals surface area contributed by atoms with Gasteiger partial charge in [-0.25, -0.2) is 4.39 Å². The summed E-state index contributed by atoms with van der Waals surface area (Å²) in [5.41, 5.74) is 6.70. The van der Waals surface area contributed by atoms with E-state index in [9.17, 15) is 0 Å². The Morgan fingerprint density at radius 2 is 1.20 bits per heavy atom. The van der Waals surface area contributed by atoms with Gasteiger partial charge in [-0.3, -0.25) is 0 Å². The second-order valence-electron chi connectivity index (χ2n) is 9.45. The van der Waals surface area contributed by atoms with Gasteiger partial charge >= 0.3 is 0 Å². The summed E-state index contributed by atoms with van der Waals surface area (Å²) in [6.45, 7) is 4.42. The molecule has 4 rings (SSSR count). The molecular weight excluding hydrogens is 427 g/mol. The average Bonchev–Trinajstić information content (AvgIpc) is 2.89. The number of aryl methyl sites for hydroxylation is 4. The first-order chi connectivity index (χ1) is 17.2. The fourth-order valence-electron chi connectivity index (χ4n) is 4.52. The monoisotopic (exact) mass is 462 g/mol. The molecule has 0 fully saturated rings. The number of unbranched alkanes of at least 4 members (excludes halogenated alkanes) is 2. The van der Waals surface area contributed by atoms with Crippen LogP contribution >= 0.6 is 0 Å². The Bertz CT molecular complexity index is 1300. The van der Waals surface area contributed by atoms with Crippen LogP contribution in [0.1, 0.15) is 72.9 Å². The van der Waals surface area contributed by atoms with Gasteiger partial charge in [-0.2, -0.15) is 0 Å². The Morgan fingerprint density at radius 1 is 0.571 bits per heavy atom. The van der Waals surface area contributed by atoms with Crippen molar-refractivity contribution in [3.05, 3.63) is 118 Å². The first-order valence-corrected chi connectivity index (χ1v) is 13.1. The summed E-state index contributed by atoms with van der Waals surface area (Å²) in [6, 6.07) is 27.2. The molecule has 0 nitrogen and oxygen atoms in total. The van der Waals surface area contributed by atoms with Crippen LogP contribution in [0.3, 0.4) is 0 Å². The number of hydrogen-bond acceptors (Lipinski definition) is 0. The first-order valence-electron chi connectivity index (χ1n) is 13.1. The first kappa shape index (κ1) is 24.7. The van der Waals surface area contributed by atoms with Gasteiger partial charge in [-0.15, -0.1) is 0 Å². The summed E-state index contributed by atoms with van der Waals surface area (Å²) < 4.78 is 15.1. The van der Waals surface area contributed by atoms with E-state index in [1.165, 1.54) is 47.9 Å². The van der Waals surface area contributed by atoms with Crippen LogP contribution in [-0.2, 0) is 25.7 Å². The predicted octanol–water partition coefficient (Wildman–Crippen LogP) is 8.85. The van der Waals surface area contributed by atoms with Crippen molar-refractivity contribution in [2.24, 2.45) is 0 Å². The molecule has 0 saturated carbocycles. The molecule has 4 aromatic carbocycles. The van der Waals surface area contributed by atoms with Crippen LogP contribution in [0.5, 0.6) is 0 Å². The Balaban J connectivity index is 1.39. The molecule has 0 bridgehead atoms. The highest BCUT2D eigenvalue weighted by Gasteiger charge is 2.07. The predicted molar refractivity (Wildman–Crippen MR) is 147 cm³/mol. The van der Waals surface area contributed by atoms with Gasteiger partial charge in [0.1, 0.15) is 5.82 Å². The zero-order valence-corrected chi connectivity index (χ0v) is 21.0. The van der Waals surface area contributed by atoms with E-state index in [1.54, 1.807) is 6.07 Å². The number of rotatable bonds is 9. The molecule has 0 aliphatic carbocycles. The molecule has 0 saturated heterocycles. The Labute approximate surface area is 210 Å². The van der Waals surface area contributed by atoms with Gasteiger partial charge in [0.05, 0.1) is 5.56 Å². The Kier molecular flexibility index (Phi) is 8.74. The highest BCUT2D eigenvalue weighted by molar-refractivity contribution is 5.85. The molecule has 0 atom stereocenters. The van der Waals surface area contributed by atoms with Crippen LogP contribution in [-0.4, -0.2) is 0 Å². The minimum absolute atomic E-state index is 0.225. The number of fused-ring (bicyclic) bond motifs is 1. The van der Waals surface area contributed by atoms with Crippen molar-refractivity contribution in [2.75, 3.05) is 0 Å². The second kappa shape index (κ2) is 12.4. The third-order valence-electron chi connectivity index (χ3n) is 6.65. The topological polar surface area (TPSA) is 0 Å². The molecule has 0 aliphatic heterocycles. The van der Waals surface area contributed by atoms with Gasteiger partial charge in [0.25, 0.3) is 0 Å². The van der Waals surface area contributed by atoms with Crippen LogP contribution in [0.2, 0.25) is 0 Å². The van der Waals surface area contributed by atoms with Crippen molar-refractivity contribution in [1.82, 2.24) is 0 Å². The quantitative estimate of drug-likeness (QED) is 0.172. The third kappa shape index (κ3) is 6.83. The van der Waals surface area contributed by atoms with Crippen LogP contribution < -0.4 is 0 Å². The molecule has 178 valence electrons. The summed E-state index contributed by atoms with van der Waals surface area (Å²) >= 11 is 0. The SMILES string of the molecule is CCCCCc1ccc2c(F)c(C#Cc3ccc(CCc4ccc(CCC)cc4)cc3)ccc2c1. The van der Waals surface area contributed by atoms with Gasteiger partial charge in [0.2, 0.25) is 0 Å². The Morgan fingerprint density at radius 3 is 1.86 bits per heavy atom. The van der Waals surface area contributed by atoms with Gasteiger partial charge in [0, 0.05) is 10.9 Å². The highest BCUT2D eigenvalue weighted by Crippen LogP contribution is 2.23. The molecule has 0 heterocycles. The molecule has 0 aromatic heterocycles. The number of benzene rings is 4. The lowest BCUT2D eigenvalue weighted by molar-refractivity contribution is 0.636. The van der Waals surface area contributed by atoms with Crippen molar-refractivity contribution >= 4 is 10.8 Å². The van der Waals surface area contributed by atoms with Crippen molar-refractivity contribution in [2.45, 2.75) is 65.2 Å². The highest BCUT2D eigenvalue weighted by atomic mass is 19.1. The largest absolute Gasteiger partial charge is 0.205 e. The van der Waals surface area contributed by atoms with E-state index in [0.29, 0.717) is 10.9 Å². The maximum atomic E-state index is 15.1. The standard InChI is InChI=1S/C34H35F/c1-3-5-6-8-30-20-24-33-32(25-30)23-22-31(34(33)35)21-19-29-17-15-28(16-18-29)14-13-27-11-9-26(7-4-2)10-12-27/h9-12,15-18,20,22-25H,3-8,13-14H2,1-2H3. The average molecular weight is 463 g/mol. The van der Waals surface area contributed by atoms with E-state index in [0.717, 1.165) is 36.6 Å². The summed E-state index contributed by atoms with van der Waals surface area (Å²) in [5.74, 6) is 5.96. The number of hydrogen-bond donors (Lipinski definition) is 0. The Hall–Kier alpha value is -3.37. The second-order valence-corrected chi connectivity index (χ2v) is 9.45. The van der Waals surface area contributed by atoms with Gasteiger partial charge < -0.3 is 0 Å².